The van der Waals surface area contributed by atoms with Crippen LogP contribution < -0.4 is 0 Å². The quantitative estimate of drug-likeness (QED) is 0.865. The van der Waals surface area contributed by atoms with Crippen LogP contribution in [0.2, 0.25) is 0 Å². The van der Waals surface area contributed by atoms with Crippen LogP contribution in [0.15, 0.2) is 60.7 Å². The summed E-state index contributed by atoms with van der Waals surface area (Å²) in [4.78, 5) is 0. The summed E-state index contributed by atoms with van der Waals surface area (Å²) in [6.07, 6.45) is 2.05. The van der Waals surface area contributed by atoms with Crippen LogP contribution in [0.4, 0.5) is 0 Å². The summed E-state index contributed by atoms with van der Waals surface area (Å²) in [6, 6.07) is 21.4. The Morgan fingerprint density at radius 1 is 0.889 bits per heavy atom. The third-order valence-electron chi connectivity index (χ3n) is 4.16. The van der Waals surface area contributed by atoms with Gasteiger partial charge in [-0.05, 0) is 29.9 Å². The minimum absolute atomic E-state index is 0.144. The summed E-state index contributed by atoms with van der Waals surface area (Å²) in [5.41, 5.74) is 2.91. The molecule has 3 rings (SSSR count). The van der Waals surface area contributed by atoms with E-state index in [2.05, 4.69) is 60.7 Å². The Morgan fingerprint density at radius 2 is 1.39 bits per heavy atom. The first-order valence-electron chi connectivity index (χ1n) is 6.60. The lowest BCUT2D eigenvalue weighted by atomic mass is 9.85. The molecule has 0 amide bonds. The fourth-order valence-corrected chi connectivity index (χ4v) is 3.18. The first-order valence-corrected chi connectivity index (χ1v) is 6.60. The topological polar surface area (TPSA) is 20.2 Å². The van der Waals surface area contributed by atoms with Gasteiger partial charge < -0.3 is 5.11 Å². The molecule has 0 heterocycles. The Hall–Kier alpha value is -1.60. The largest absolute Gasteiger partial charge is 0.396 e. The predicted octanol–water partition coefficient (Wildman–Crippen LogP) is 3.38. The van der Waals surface area contributed by atoms with Gasteiger partial charge in [-0.1, -0.05) is 60.7 Å². The maximum Gasteiger partial charge on any atom is 0.0434 e. The molecular formula is C17H18O. The van der Waals surface area contributed by atoms with E-state index in [1.165, 1.54) is 11.1 Å². The van der Waals surface area contributed by atoms with Crippen molar-refractivity contribution in [2.75, 3.05) is 6.61 Å². The average molecular weight is 238 g/mol. The number of aliphatic hydroxyl groups excluding tert-OH is 1. The Labute approximate surface area is 108 Å². The summed E-state index contributed by atoms with van der Waals surface area (Å²) in [7, 11) is 0. The molecule has 18 heavy (non-hydrogen) atoms. The highest BCUT2D eigenvalue weighted by molar-refractivity contribution is 5.46. The molecule has 1 fully saturated rings. The number of aliphatic hydroxyl groups is 1. The van der Waals surface area contributed by atoms with E-state index < -0.39 is 0 Å². The van der Waals surface area contributed by atoms with Crippen LogP contribution >= 0.6 is 0 Å². The maximum atomic E-state index is 9.20. The Kier molecular flexibility index (Phi) is 2.92. The molecule has 2 aromatic carbocycles. The van der Waals surface area contributed by atoms with Crippen molar-refractivity contribution >= 4 is 0 Å². The van der Waals surface area contributed by atoms with Crippen LogP contribution in [0, 0.1) is 5.92 Å². The number of benzene rings is 2. The summed E-state index contributed by atoms with van der Waals surface area (Å²) in [6.45, 7) is 0.284. The van der Waals surface area contributed by atoms with Gasteiger partial charge in [0, 0.05) is 12.0 Å². The van der Waals surface area contributed by atoms with Gasteiger partial charge in [0.25, 0.3) is 0 Å². The highest BCUT2D eigenvalue weighted by Crippen LogP contribution is 2.60. The van der Waals surface area contributed by atoms with Gasteiger partial charge in [-0.25, -0.2) is 0 Å². The van der Waals surface area contributed by atoms with E-state index in [0.717, 1.165) is 12.8 Å². The van der Waals surface area contributed by atoms with Gasteiger partial charge in [-0.15, -0.1) is 0 Å². The van der Waals surface area contributed by atoms with Gasteiger partial charge in [-0.3, -0.25) is 0 Å². The lowest BCUT2D eigenvalue weighted by Gasteiger charge is -2.18. The molecule has 0 aromatic heterocycles. The van der Waals surface area contributed by atoms with Crippen molar-refractivity contribution < 1.29 is 5.11 Å². The molecule has 0 aliphatic heterocycles. The third kappa shape index (κ3) is 1.75. The third-order valence-corrected chi connectivity index (χ3v) is 4.16. The second kappa shape index (κ2) is 4.58. The summed E-state index contributed by atoms with van der Waals surface area (Å²) in [5, 5.41) is 9.20. The number of rotatable bonds is 4. The molecule has 1 saturated carbocycles. The van der Waals surface area contributed by atoms with Crippen LogP contribution in [0.25, 0.3) is 0 Å². The minimum atomic E-state index is 0.144. The first kappa shape index (κ1) is 11.5. The van der Waals surface area contributed by atoms with Crippen LogP contribution in [0.1, 0.15) is 24.0 Å². The Morgan fingerprint density at radius 3 is 1.83 bits per heavy atom. The van der Waals surface area contributed by atoms with Crippen molar-refractivity contribution in [2.45, 2.75) is 18.3 Å². The molecule has 0 saturated heterocycles. The van der Waals surface area contributed by atoms with Crippen LogP contribution in [0.3, 0.4) is 0 Å². The average Bonchev–Trinajstić information content (AvgIpc) is 3.17. The molecule has 1 aliphatic carbocycles. The fraction of sp³-hybridized carbons (Fsp3) is 0.294. The molecular weight excluding hydrogens is 220 g/mol. The van der Waals surface area contributed by atoms with Gasteiger partial charge in [-0.2, -0.15) is 0 Å². The monoisotopic (exact) mass is 238 g/mol. The number of hydrogen-bond donors (Lipinski definition) is 1. The van der Waals surface area contributed by atoms with E-state index in [4.69, 9.17) is 0 Å². The second-order valence-electron chi connectivity index (χ2n) is 5.12. The molecule has 92 valence electrons. The molecule has 0 unspecified atom stereocenters. The lowest BCUT2D eigenvalue weighted by molar-refractivity contribution is 0.276. The van der Waals surface area contributed by atoms with Crippen molar-refractivity contribution in [3.05, 3.63) is 71.8 Å². The SMILES string of the molecule is OCC[C@@H]1CC1(c1ccccc1)c1ccccc1. The normalized spacial score (nSPS) is 20.6. The first-order chi connectivity index (χ1) is 8.88. The van der Waals surface area contributed by atoms with E-state index in [0.29, 0.717) is 5.92 Å². The number of hydrogen-bond acceptors (Lipinski definition) is 1. The van der Waals surface area contributed by atoms with Crippen LogP contribution in [-0.2, 0) is 5.41 Å². The van der Waals surface area contributed by atoms with Gasteiger partial charge >= 0.3 is 0 Å². The zero-order valence-electron chi connectivity index (χ0n) is 10.4. The van der Waals surface area contributed by atoms with E-state index in [1.807, 2.05) is 0 Å². The second-order valence-corrected chi connectivity index (χ2v) is 5.12. The Bertz CT molecular complexity index is 464. The van der Waals surface area contributed by atoms with Crippen molar-refractivity contribution in [1.82, 2.24) is 0 Å². The van der Waals surface area contributed by atoms with Crippen molar-refractivity contribution in [3.63, 3.8) is 0 Å². The molecule has 0 radical (unpaired) electrons. The molecule has 1 N–H and O–H groups in total. The zero-order chi connectivity index (χ0) is 12.4. The molecule has 1 atom stereocenters. The molecule has 0 spiro atoms. The van der Waals surface area contributed by atoms with Crippen LogP contribution in [0.5, 0.6) is 0 Å². The summed E-state index contributed by atoms with van der Waals surface area (Å²) >= 11 is 0. The molecule has 1 aliphatic rings. The molecule has 1 heteroatoms. The standard InChI is InChI=1S/C17H18O/c18-12-11-16-13-17(16,14-7-3-1-4-8-14)15-9-5-2-6-10-15/h1-10,16,18H,11-13H2/t16-/m1/s1. The van der Waals surface area contributed by atoms with E-state index in [-0.39, 0.29) is 12.0 Å². The van der Waals surface area contributed by atoms with Gasteiger partial charge in [0.2, 0.25) is 0 Å². The summed E-state index contributed by atoms with van der Waals surface area (Å²) < 4.78 is 0. The van der Waals surface area contributed by atoms with E-state index in [1.54, 1.807) is 0 Å². The fourth-order valence-electron chi connectivity index (χ4n) is 3.18. The molecule has 1 nitrogen and oxygen atoms in total. The zero-order valence-corrected chi connectivity index (χ0v) is 10.4. The maximum absolute atomic E-state index is 9.20. The smallest absolute Gasteiger partial charge is 0.0434 e. The van der Waals surface area contributed by atoms with Crippen molar-refractivity contribution in [1.29, 1.82) is 0 Å². The van der Waals surface area contributed by atoms with Crippen molar-refractivity contribution in [3.8, 4) is 0 Å². The highest BCUT2D eigenvalue weighted by atomic mass is 16.3. The summed E-state index contributed by atoms with van der Waals surface area (Å²) in [5.74, 6) is 0.576. The van der Waals surface area contributed by atoms with Gasteiger partial charge in [0.15, 0.2) is 0 Å². The predicted molar refractivity (Wildman–Crippen MR) is 73.5 cm³/mol. The molecule has 0 bridgehead atoms. The van der Waals surface area contributed by atoms with Gasteiger partial charge in [0.05, 0.1) is 0 Å². The molecule has 2 aromatic rings. The van der Waals surface area contributed by atoms with Crippen molar-refractivity contribution in [2.24, 2.45) is 5.92 Å². The highest BCUT2D eigenvalue weighted by Gasteiger charge is 2.55. The lowest BCUT2D eigenvalue weighted by Crippen LogP contribution is -2.12. The van der Waals surface area contributed by atoms with E-state index >= 15 is 0 Å². The van der Waals surface area contributed by atoms with Gasteiger partial charge in [0.1, 0.15) is 0 Å². The van der Waals surface area contributed by atoms with E-state index in [9.17, 15) is 5.11 Å². The minimum Gasteiger partial charge on any atom is -0.396 e. The van der Waals surface area contributed by atoms with Crippen LogP contribution in [-0.4, -0.2) is 11.7 Å². The Balaban J connectivity index is 2.02.